The maximum Gasteiger partial charge on any atom is 0.224 e. The van der Waals surface area contributed by atoms with Gasteiger partial charge in [-0.1, -0.05) is 24.6 Å². The van der Waals surface area contributed by atoms with Gasteiger partial charge in [-0.3, -0.25) is 4.79 Å². The molecular formula is C23H33N3O. The van der Waals surface area contributed by atoms with Gasteiger partial charge in [0.25, 0.3) is 0 Å². The zero-order chi connectivity index (χ0) is 18.8. The first-order valence-electron chi connectivity index (χ1n) is 10.7. The molecule has 2 aromatic rings. The molecular weight excluding hydrogens is 334 g/mol. The monoisotopic (exact) mass is 367 g/mol. The molecule has 4 heteroatoms. The van der Waals surface area contributed by atoms with E-state index in [0.29, 0.717) is 24.4 Å². The van der Waals surface area contributed by atoms with Gasteiger partial charge in [0, 0.05) is 35.7 Å². The molecule has 1 aromatic heterocycles. The summed E-state index contributed by atoms with van der Waals surface area (Å²) >= 11 is 0. The number of aromatic nitrogens is 1. The van der Waals surface area contributed by atoms with Crippen molar-refractivity contribution in [1.82, 2.24) is 14.8 Å². The maximum atomic E-state index is 12.7. The Bertz CT molecular complexity index is 792. The molecule has 0 bridgehead atoms. The van der Waals surface area contributed by atoms with E-state index >= 15 is 0 Å². The number of carbonyl (C=O) groups is 1. The highest BCUT2D eigenvalue weighted by atomic mass is 16.1. The van der Waals surface area contributed by atoms with E-state index in [4.69, 9.17) is 0 Å². The fourth-order valence-corrected chi connectivity index (χ4v) is 5.14. The van der Waals surface area contributed by atoms with Crippen LogP contribution in [0.1, 0.15) is 57.6 Å². The van der Waals surface area contributed by atoms with Crippen LogP contribution in [0.15, 0.2) is 30.5 Å². The van der Waals surface area contributed by atoms with Crippen molar-refractivity contribution >= 4 is 16.8 Å². The van der Waals surface area contributed by atoms with Gasteiger partial charge in [-0.2, -0.15) is 0 Å². The summed E-state index contributed by atoms with van der Waals surface area (Å²) in [5.74, 6) is 0.787. The third-order valence-electron chi connectivity index (χ3n) is 6.52. The Morgan fingerprint density at radius 3 is 2.81 bits per heavy atom. The molecule has 0 unspecified atom stereocenters. The van der Waals surface area contributed by atoms with E-state index in [1.807, 2.05) is 0 Å². The Morgan fingerprint density at radius 1 is 1.15 bits per heavy atom. The number of nitrogens with zero attached hydrogens (tertiary/aromatic N) is 2. The summed E-state index contributed by atoms with van der Waals surface area (Å²) < 4.78 is 2.28. The Kier molecular flexibility index (Phi) is 5.53. The molecule has 0 spiro atoms. The first kappa shape index (κ1) is 18.5. The molecule has 2 aliphatic heterocycles. The summed E-state index contributed by atoms with van der Waals surface area (Å²) in [6, 6.07) is 9.51. The summed E-state index contributed by atoms with van der Waals surface area (Å²) in [5.41, 5.74) is 2.36. The summed E-state index contributed by atoms with van der Waals surface area (Å²) in [6.07, 6.45) is 9.17. The predicted molar refractivity (Wildman–Crippen MR) is 111 cm³/mol. The van der Waals surface area contributed by atoms with Crippen molar-refractivity contribution in [3.8, 4) is 0 Å². The van der Waals surface area contributed by atoms with E-state index in [1.54, 1.807) is 0 Å². The van der Waals surface area contributed by atoms with Crippen molar-refractivity contribution in [2.24, 2.45) is 5.92 Å². The molecule has 3 heterocycles. The summed E-state index contributed by atoms with van der Waals surface area (Å²) in [6.45, 7) is 7.72. The van der Waals surface area contributed by atoms with Crippen LogP contribution in [0.4, 0.5) is 0 Å². The molecule has 0 aliphatic carbocycles. The Hall–Kier alpha value is -1.81. The number of hydrogen-bond acceptors (Lipinski definition) is 2. The molecule has 4 nitrogen and oxygen atoms in total. The number of fused-ring (bicyclic) bond motifs is 2. The molecule has 1 amide bonds. The van der Waals surface area contributed by atoms with Crippen LogP contribution < -0.4 is 5.32 Å². The quantitative estimate of drug-likeness (QED) is 0.862. The Labute approximate surface area is 162 Å². The first-order chi connectivity index (χ1) is 13.1. The zero-order valence-electron chi connectivity index (χ0n) is 16.8. The number of amides is 1. The third kappa shape index (κ3) is 3.91. The van der Waals surface area contributed by atoms with Crippen molar-refractivity contribution < 1.29 is 4.79 Å². The van der Waals surface area contributed by atoms with Gasteiger partial charge in [-0.05, 0) is 70.2 Å². The summed E-state index contributed by atoms with van der Waals surface area (Å²) in [5, 5.41) is 4.47. The lowest BCUT2D eigenvalue weighted by Gasteiger charge is -2.44. The van der Waals surface area contributed by atoms with E-state index in [9.17, 15) is 4.79 Å². The molecule has 2 atom stereocenters. The number of hydrogen-bond donors (Lipinski definition) is 1. The standard InChI is InChI=1S/C23H33N3O/c1-17(2)26-16-19(20-9-3-4-11-22(20)26)14-23(27)24-15-18-8-7-13-25-12-6-5-10-21(18)25/h3-4,9,11,16-18,21H,5-8,10,12-15H2,1-2H3,(H,24,27)/t18-,21+/m0/s1. The molecule has 2 fully saturated rings. The molecule has 0 radical (unpaired) electrons. The van der Waals surface area contributed by atoms with Gasteiger partial charge >= 0.3 is 0 Å². The van der Waals surface area contributed by atoms with E-state index in [0.717, 1.165) is 12.1 Å². The van der Waals surface area contributed by atoms with Gasteiger partial charge in [0.2, 0.25) is 5.91 Å². The number of nitrogens with one attached hydrogen (secondary N) is 1. The van der Waals surface area contributed by atoms with Crippen molar-refractivity contribution in [3.63, 3.8) is 0 Å². The third-order valence-corrected chi connectivity index (χ3v) is 6.52. The minimum atomic E-state index is 0.162. The highest BCUT2D eigenvalue weighted by Crippen LogP contribution is 2.30. The normalized spacial score (nSPS) is 23.5. The largest absolute Gasteiger partial charge is 0.355 e. The van der Waals surface area contributed by atoms with Crippen LogP contribution in [0.2, 0.25) is 0 Å². The molecule has 146 valence electrons. The Balaban J connectivity index is 1.40. The van der Waals surface area contributed by atoms with Gasteiger partial charge in [0.1, 0.15) is 0 Å². The fraction of sp³-hybridized carbons (Fsp3) is 0.609. The average Bonchev–Trinajstić information content (AvgIpc) is 3.05. The lowest BCUT2D eigenvalue weighted by atomic mass is 9.83. The van der Waals surface area contributed by atoms with E-state index < -0.39 is 0 Å². The van der Waals surface area contributed by atoms with Crippen molar-refractivity contribution in [2.45, 2.75) is 64.5 Å². The molecule has 0 saturated carbocycles. The van der Waals surface area contributed by atoms with Gasteiger partial charge in [0.05, 0.1) is 6.42 Å². The van der Waals surface area contributed by atoms with Crippen LogP contribution in [-0.4, -0.2) is 41.1 Å². The fourth-order valence-electron chi connectivity index (χ4n) is 5.14. The van der Waals surface area contributed by atoms with Crippen LogP contribution in [0.3, 0.4) is 0 Å². The van der Waals surface area contributed by atoms with Gasteiger partial charge in [0.15, 0.2) is 0 Å². The second-order valence-corrected chi connectivity index (χ2v) is 8.65. The highest BCUT2D eigenvalue weighted by molar-refractivity contribution is 5.89. The van der Waals surface area contributed by atoms with Crippen LogP contribution in [0.5, 0.6) is 0 Å². The van der Waals surface area contributed by atoms with Gasteiger partial charge < -0.3 is 14.8 Å². The lowest BCUT2D eigenvalue weighted by Crippen LogP contribution is -2.51. The number of benzene rings is 1. The lowest BCUT2D eigenvalue weighted by molar-refractivity contribution is -0.120. The van der Waals surface area contributed by atoms with Crippen molar-refractivity contribution in [3.05, 3.63) is 36.0 Å². The topological polar surface area (TPSA) is 37.3 Å². The number of rotatable bonds is 5. The number of para-hydroxylation sites is 1. The number of carbonyl (C=O) groups excluding carboxylic acids is 1. The van der Waals surface area contributed by atoms with E-state index in [1.165, 1.54) is 56.1 Å². The van der Waals surface area contributed by atoms with Crippen LogP contribution in [0, 0.1) is 5.92 Å². The van der Waals surface area contributed by atoms with Crippen LogP contribution in [-0.2, 0) is 11.2 Å². The second-order valence-electron chi connectivity index (χ2n) is 8.65. The smallest absolute Gasteiger partial charge is 0.224 e. The predicted octanol–water partition coefficient (Wildman–Crippen LogP) is 4.15. The van der Waals surface area contributed by atoms with E-state index in [2.05, 4.69) is 59.1 Å². The molecule has 4 rings (SSSR count). The minimum Gasteiger partial charge on any atom is -0.355 e. The molecule has 1 aromatic carbocycles. The molecule has 2 aliphatic rings. The van der Waals surface area contributed by atoms with Crippen LogP contribution in [0.25, 0.3) is 10.9 Å². The van der Waals surface area contributed by atoms with Gasteiger partial charge in [-0.15, -0.1) is 0 Å². The maximum absolute atomic E-state index is 12.7. The molecule has 2 saturated heterocycles. The van der Waals surface area contributed by atoms with Crippen molar-refractivity contribution in [2.75, 3.05) is 19.6 Å². The average molecular weight is 368 g/mol. The molecule has 1 N–H and O–H groups in total. The minimum absolute atomic E-state index is 0.162. The zero-order valence-corrected chi connectivity index (χ0v) is 16.8. The first-order valence-corrected chi connectivity index (χ1v) is 10.7. The van der Waals surface area contributed by atoms with Crippen molar-refractivity contribution in [1.29, 1.82) is 0 Å². The van der Waals surface area contributed by atoms with Crippen LogP contribution >= 0.6 is 0 Å². The summed E-state index contributed by atoms with van der Waals surface area (Å²) in [7, 11) is 0. The number of piperidine rings is 2. The Morgan fingerprint density at radius 2 is 1.96 bits per heavy atom. The SMILES string of the molecule is CC(C)n1cc(CC(=O)NC[C@@H]2CCCN3CCCC[C@H]23)c2ccccc21. The molecule has 27 heavy (non-hydrogen) atoms. The highest BCUT2D eigenvalue weighted by Gasteiger charge is 2.32. The summed E-state index contributed by atoms with van der Waals surface area (Å²) in [4.78, 5) is 15.4. The van der Waals surface area contributed by atoms with Gasteiger partial charge in [-0.25, -0.2) is 0 Å². The second kappa shape index (κ2) is 8.05. The van der Waals surface area contributed by atoms with E-state index in [-0.39, 0.29) is 5.91 Å².